The Morgan fingerprint density at radius 2 is 2.03 bits per heavy atom. The number of nitrogens with zero attached hydrogens (tertiary/aromatic N) is 1. The van der Waals surface area contributed by atoms with Crippen LogP contribution in [0.15, 0.2) is 29.3 Å². The number of anilines is 1. The molecule has 176 valence electrons. The summed E-state index contributed by atoms with van der Waals surface area (Å²) in [6, 6.07) is 7.77. The van der Waals surface area contributed by atoms with Gasteiger partial charge in [-0.25, -0.2) is 4.99 Å². The second kappa shape index (κ2) is 14.6. The molecule has 0 saturated carbocycles. The lowest BCUT2D eigenvalue weighted by Gasteiger charge is -2.32. The van der Waals surface area contributed by atoms with Gasteiger partial charge in [0.25, 0.3) is 5.91 Å². The van der Waals surface area contributed by atoms with Gasteiger partial charge in [-0.05, 0) is 62.1 Å². The number of amides is 1. The number of halogens is 1. The van der Waals surface area contributed by atoms with Gasteiger partial charge in [0, 0.05) is 32.0 Å². The maximum absolute atomic E-state index is 12.3. The highest BCUT2D eigenvalue weighted by molar-refractivity contribution is 14.0. The second-order valence-corrected chi connectivity index (χ2v) is 7.92. The zero-order chi connectivity index (χ0) is 21.8. The summed E-state index contributed by atoms with van der Waals surface area (Å²) in [6.45, 7) is 9.27. The highest BCUT2D eigenvalue weighted by Crippen LogP contribution is 2.29. The van der Waals surface area contributed by atoms with Gasteiger partial charge in [-0.1, -0.05) is 26.0 Å². The molecule has 1 atom stereocenters. The van der Waals surface area contributed by atoms with Crippen LogP contribution in [0.3, 0.4) is 0 Å². The summed E-state index contributed by atoms with van der Waals surface area (Å²) in [7, 11) is 0. The molecule has 0 spiro atoms. The van der Waals surface area contributed by atoms with Gasteiger partial charge in [-0.2, -0.15) is 0 Å². The standard InChI is InChI=1S/C23H38N4O3.HI/c1-4-23(5-2,12-13-28)17-26-22(24-6-3)25-16-18-9-7-10-19(15-18)27-21(29)20-11-8-14-30-20;/h7,9-10,15,20,28H,4-6,8,11-14,16-17H2,1-3H3,(H,27,29)(H2,24,25,26);1H. The number of carbonyl (C=O) groups excluding carboxylic acids is 1. The molecule has 1 amide bonds. The summed E-state index contributed by atoms with van der Waals surface area (Å²) in [5.74, 6) is 0.679. The number of benzene rings is 1. The minimum absolute atomic E-state index is 0. The van der Waals surface area contributed by atoms with Crippen molar-refractivity contribution >= 4 is 41.5 Å². The topological polar surface area (TPSA) is 95.0 Å². The van der Waals surface area contributed by atoms with Crippen molar-refractivity contribution in [1.29, 1.82) is 0 Å². The summed E-state index contributed by atoms with van der Waals surface area (Å²) >= 11 is 0. The van der Waals surface area contributed by atoms with E-state index in [1.165, 1.54) is 0 Å². The molecule has 1 saturated heterocycles. The molecule has 1 aromatic rings. The lowest BCUT2D eigenvalue weighted by atomic mass is 9.79. The average molecular weight is 546 g/mol. The van der Waals surface area contributed by atoms with E-state index in [0.717, 1.165) is 62.4 Å². The van der Waals surface area contributed by atoms with Gasteiger partial charge in [0.05, 0.1) is 6.54 Å². The maximum atomic E-state index is 12.3. The molecule has 1 aliphatic rings. The van der Waals surface area contributed by atoms with Gasteiger partial charge in [0.15, 0.2) is 5.96 Å². The minimum atomic E-state index is -0.340. The first-order chi connectivity index (χ1) is 14.6. The third-order valence-electron chi connectivity index (χ3n) is 5.95. The Labute approximate surface area is 203 Å². The van der Waals surface area contributed by atoms with Crippen molar-refractivity contribution in [3.8, 4) is 0 Å². The number of aliphatic hydroxyl groups is 1. The van der Waals surface area contributed by atoms with Crippen LogP contribution < -0.4 is 16.0 Å². The van der Waals surface area contributed by atoms with E-state index < -0.39 is 0 Å². The Morgan fingerprint density at radius 1 is 1.26 bits per heavy atom. The summed E-state index contributed by atoms with van der Waals surface area (Å²) < 4.78 is 5.45. The third-order valence-corrected chi connectivity index (χ3v) is 5.95. The molecular formula is C23H39IN4O3. The van der Waals surface area contributed by atoms with Gasteiger partial charge < -0.3 is 25.8 Å². The van der Waals surface area contributed by atoms with E-state index in [1.54, 1.807) is 0 Å². The molecule has 1 heterocycles. The Morgan fingerprint density at radius 3 is 2.65 bits per heavy atom. The summed E-state index contributed by atoms with van der Waals surface area (Å²) in [5, 5.41) is 19.1. The zero-order valence-electron chi connectivity index (χ0n) is 19.1. The van der Waals surface area contributed by atoms with Crippen molar-refractivity contribution in [2.75, 3.05) is 31.6 Å². The number of guanidine groups is 1. The number of hydrogen-bond donors (Lipinski definition) is 4. The van der Waals surface area contributed by atoms with Crippen molar-refractivity contribution in [2.45, 2.75) is 65.5 Å². The quantitative estimate of drug-likeness (QED) is 0.193. The van der Waals surface area contributed by atoms with Gasteiger partial charge in [0.2, 0.25) is 0 Å². The van der Waals surface area contributed by atoms with Crippen LogP contribution in [0.2, 0.25) is 0 Å². The number of hydrogen-bond acceptors (Lipinski definition) is 4. The number of nitrogens with one attached hydrogen (secondary N) is 3. The van der Waals surface area contributed by atoms with Gasteiger partial charge in [-0.15, -0.1) is 24.0 Å². The smallest absolute Gasteiger partial charge is 0.253 e. The molecule has 0 radical (unpaired) electrons. The molecule has 1 unspecified atom stereocenters. The zero-order valence-corrected chi connectivity index (χ0v) is 21.4. The van der Waals surface area contributed by atoms with Crippen LogP contribution in [0.25, 0.3) is 0 Å². The molecule has 0 aliphatic carbocycles. The van der Waals surface area contributed by atoms with E-state index in [-0.39, 0.29) is 48.0 Å². The first kappa shape index (κ1) is 27.6. The van der Waals surface area contributed by atoms with Crippen LogP contribution in [0.4, 0.5) is 5.69 Å². The normalized spacial score (nSPS) is 16.5. The van der Waals surface area contributed by atoms with Crippen molar-refractivity contribution in [3.05, 3.63) is 29.8 Å². The summed E-state index contributed by atoms with van der Waals surface area (Å²) in [5.41, 5.74) is 1.85. The summed E-state index contributed by atoms with van der Waals surface area (Å²) in [6.07, 6.45) is 4.15. The monoisotopic (exact) mass is 546 g/mol. The fourth-order valence-electron chi connectivity index (χ4n) is 3.72. The van der Waals surface area contributed by atoms with Crippen molar-refractivity contribution in [2.24, 2.45) is 10.4 Å². The minimum Gasteiger partial charge on any atom is -0.396 e. The number of aliphatic hydroxyl groups excluding tert-OH is 1. The van der Waals surface area contributed by atoms with E-state index >= 15 is 0 Å². The molecular weight excluding hydrogens is 507 g/mol. The number of carbonyl (C=O) groups is 1. The predicted octanol–water partition coefficient (Wildman–Crippen LogP) is 3.67. The largest absolute Gasteiger partial charge is 0.396 e. The Kier molecular flexibility index (Phi) is 13.0. The molecule has 1 fully saturated rings. The molecule has 4 N–H and O–H groups in total. The number of rotatable bonds is 11. The van der Waals surface area contributed by atoms with E-state index in [9.17, 15) is 9.90 Å². The molecule has 7 nitrogen and oxygen atoms in total. The van der Waals surface area contributed by atoms with Crippen LogP contribution in [0.5, 0.6) is 0 Å². The average Bonchev–Trinajstić information content (AvgIpc) is 3.30. The van der Waals surface area contributed by atoms with Gasteiger partial charge in [-0.3, -0.25) is 4.79 Å². The van der Waals surface area contributed by atoms with E-state index in [4.69, 9.17) is 9.73 Å². The summed E-state index contributed by atoms with van der Waals surface area (Å²) in [4.78, 5) is 17.0. The van der Waals surface area contributed by atoms with Crippen molar-refractivity contribution < 1.29 is 14.6 Å². The van der Waals surface area contributed by atoms with Crippen LogP contribution in [0.1, 0.15) is 58.4 Å². The van der Waals surface area contributed by atoms with Crippen LogP contribution in [-0.2, 0) is 16.1 Å². The molecule has 0 aromatic heterocycles. The Hall–Kier alpha value is -1.39. The van der Waals surface area contributed by atoms with Crippen LogP contribution in [0, 0.1) is 5.41 Å². The second-order valence-electron chi connectivity index (χ2n) is 7.92. The molecule has 1 aromatic carbocycles. The molecule has 8 heteroatoms. The highest BCUT2D eigenvalue weighted by Gasteiger charge is 2.26. The van der Waals surface area contributed by atoms with E-state index in [0.29, 0.717) is 13.2 Å². The molecule has 2 rings (SSSR count). The predicted molar refractivity (Wildman–Crippen MR) is 137 cm³/mol. The van der Waals surface area contributed by atoms with E-state index in [1.807, 2.05) is 31.2 Å². The fourth-order valence-corrected chi connectivity index (χ4v) is 3.72. The first-order valence-corrected chi connectivity index (χ1v) is 11.2. The Bertz CT molecular complexity index is 689. The molecule has 0 bridgehead atoms. The van der Waals surface area contributed by atoms with Crippen molar-refractivity contribution in [3.63, 3.8) is 0 Å². The van der Waals surface area contributed by atoms with E-state index in [2.05, 4.69) is 29.8 Å². The molecule has 31 heavy (non-hydrogen) atoms. The fraction of sp³-hybridized carbons (Fsp3) is 0.652. The van der Waals surface area contributed by atoms with Crippen LogP contribution >= 0.6 is 24.0 Å². The third kappa shape index (κ3) is 8.94. The lowest BCUT2D eigenvalue weighted by molar-refractivity contribution is -0.124. The maximum Gasteiger partial charge on any atom is 0.253 e. The van der Waals surface area contributed by atoms with Crippen molar-refractivity contribution in [1.82, 2.24) is 10.6 Å². The number of aliphatic imine (C=N–C) groups is 1. The lowest BCUT2D eigenvalue weighted by Crippen LogP contribution is -2.43. The Balaban J connectivity index is 0.00000480. The highest BCUT2D eigenvalue weighted by atomic mass is 127. The van der Waals surface area contributed by atoms with Gasteiger partial charge in [0.1, 0.15) is 6.10 Å². The molecule has 1 aliphatic heterocycles. The first-order valence-electron chi connectivity index (χ1n) is 11.2. The number of ether oxygens (including phenoxy) is 1. The van der Waals surface area contributed by atoms with Gasteiger partial charge >= 0.3 is 0 Å². The SMILES string of the molecule is CCNC(=NCc1cccc(NC(=O)C2CCCO2)c1)NCC(CC)(CC)CCO.I. The van der Waals surface area contributed by atoms with Crippen LogP contribution in [-0.4, -0.2) is 49.4 Å².